The van der Waals surface area contributed by atoms with E-state index in [2.05, 4.69) is 11.8 Å². The van der Waals surface area contributed by atoms with Gasteiger partial charge in [0.25, 0.3) is 11.5 Å². The molecule has 9 heteroatoms. The largest absolute Gasteiger partial charge is 0.416 e. The van der Waals surface area contributed by atoms with Gasteiger partial charge in [-0.2, -0.15) is 13.2 Å². The SMILES string of the molecule is CC#CCn1c(N(CC)c2ccc(C(F)(F)F)cc2)nc2c(c1=O)CN(C(=O)c1ccc(C)cc1)CC2. The number of amides is 1. The van der Waals surface area contributed by atoms with E-state index in [1.165, 1.54) is 16.7 Å². The van der Waals surface area contributed by atoms with E-state index in [1.54, 1.807) is 28.9 Å². The van der Waals surface area contributed by atoms with Crippen molar-refractivity contribution in [1.29, 1.82) is 0 Å². The van der Waals surface area contributed by atoms with Crippen LogP contribution in [0.1, 0.15) is 46.6 Å². The molecule has 6 nitrogen and oxygen atoms in total. The van der Waals surface area contributed by atoms with Gasteiger partial charge in [-0.05, 0) is 57.2 Å². The van der Waals surface area contributed by atoms with E-state index in [1.807, 2.05) is 26.0 Å². The molecule has 0 aliphatic carbocycles. The van der Waals surface area contributed by atoms with Crippen molar-refractivity contribution in [2.45, 2.75) is 46.5 Å². The lowest BCUT2D eigenvalue weighted by Crippen LogP contribution is -2.42. The fourth-order valence-corrected chi connectivity index (χ4v) is 4.33. The fourth-order valence-electron chi connectivity index (χ4n) is 4.33. The Hall–Kier alpha value is -4.06. The molecule has 1 amide bonds. The Morgan fingerprint density at radius 2 is 1.78 bits per heavy atom. The Balaban J connectivity index is 1.73. The molecular weight excluding hydrogens is 481 g/mol. The topological polar surface area (TPSA) is 58.4 Å². The molecule has 0 fully saturated rings. The quantitative estimate of drug-likeness (QED) is 0.458. The van der Waals surface area contributed by atoms with Gasteiger partial charge in [0, 0.05) is 30.8 Å². The highest BCUT2D eigenvalue weighted by molar-refractivity contribution is 5.94. The number of anilines is 2. The van der Waals surface area contributed by atoms with Crippen molar-refractivity contribution < 1.29 is 18.0 Å². The third-order valence-corrected chi connectivity index (χ3v) is 6.36. The van der Waals surface area contributed by atoms with Crippen LogP contribution in [0.15, 0.2) is 53.3 Å². The smallest absolute Gasteiger partial charge is 0.334 e. The summed E-state index contributed by atoms with van der Waals surface area (Å²) in [5.74, 6) is 5.83. The maximum absolute atomic E-state index is 13.7. The van der Waals surface area contributed by atoms with Gasteiger partial charge in [0.1, 0.15) is 0 Å². The molecule has 1 aliphatic heterocycles. The predicted octanol–water partition coefficient (Wildman–Crippen LogP) is 4.95. The second kappa shape index (κ2) is 10.5. The minimum atomic E-state index is -4.44. The van der Waals surface area contributed by atoms with Gasteiger partial charge in [-0.3, -0.25) is 14.2 Å². The van der Waals surface area contributed by atoms with Crippen LogP contribution < -0.4 is 10.5 Å². The van der Waals surface area contributed by atoms with Gasteiger partial charge in [-0.25, -0.2) is 4.98 Å². The number of hydrogen-bond donors (Lipinski definition) is 0. The van der Waals surface area contributed by atoms with Crippen LogP contribution in [0.4, 0.5) is 24.8 Å². The Bertz CT molecular complexity index is 1420. The number of alkyl halides is 3. The average Bonchev–Trinajstić information content (AvgIpc) is 2.88. The fraction of sp³-hybridized carbons (Fsp3) is 0.321. The molecule has 0 spiro atoms. The van der Waals surface area contributed by atoms with Crippen LogP contribution in [-0.4, -0.2) is 33.4 Å². The first-order valence-corrected chi connectivity index (χ1v) is 12.0. The molecule has 0 saturated heterocycles. The number of carbonyl (C=O) groups excluding carboxylic acids is 1. The van der Waals surface area contributed by atoms with Crippen LogP contribution in [0.5, 0.6) is 0 Å². The third-order valence-electron chi connectivity index (χ3n) is 6.36. The number of nitrogens with zero attached hydrogens (tertiary/aromatic N) is 4. The molecule has 1 aliphatic rings. The first-order valence-electron chi connectivity index (χ1n) is 12.0. The zero-order valence-corrected chi connectivity index (χ0v) is 20.9. The molecule has 0 N–H and O–H groups in total. The van der Waals surface area contributed by atoms with Crippen molar-refractivity contribution in [3.63, 3.8) is 0 Å². The normalized spacial score (nSPS) is 13.0. The minimum Gasteiger partial charge on any atom is -0.334 e. The highest BCUT2D eigenvalue weighted by Crippen LogP contribution is 2.32. The summed E-state index contributed by atoms with van der Waals surface area (Å²) in [4.78, 5) is 34.9. The van der Waals surface area contributed by atoms with E-state index in [4.69, 9.17) is 4.98 Å². The van der Waals surface area contributed by atoms with Crippen LogP contribution in [0.25, 0.3) is 0 Å². The lowest BCUT2D eigenvalue weighted by Gasteiger charge is -2.31. The van der Waals surface area contributed by atoms with Crippen LogP contribution in [0.2, 0.25) is 0 Å². The zero-order valence-electron chi connectivity index (χ0n) is 20.9. The molecule has 0 saturated carbocycles. The lowest BCUT2D eigenvalue weighted by molar-refractivity contribution is -0.137. The molecule has 2 heterocycles. The number of carbonyl (C=O) groups is 1. The van der Waals surface area contributed by atoms with Gasteiger partial charge in [-0.1, -0.05) is 23.6 Å². The second-order valence-corrected chi connectivity index (χ2v) is 8.79. The molecular formula is C28H27F3N4O2. The summed E-state index contributed by atoms with van der Waals surface area (Å²) >= 11 is 0. The molecule has 0 atom stereocenters. The van der Waals surface area contributed by atoms with E-state index in [0.29, 0.717) is 48.0 Å². The van der Waals surface area contributed by atoms with E-state index in [0.717, 1.165) is 17.7 Å². The maximum atomic E-state index is 13.7. The monoisotopic (exact) mass is 508 g/mol. The van der Waals surface area contributed by atoms with Gasteiger partial charge < -0.3 is 9.80 Å². The molecule has 0 unspecified atom stereocenters. The van der Waals surface area contributed by atoms with E-state index in [-0.39, 0.29) is 24.6 Å². The first kappa shape index (κ1) is 26.0. The number of halogens is 3. The average molecular weight is 509 g/mol. The Kier molecular flexibility index (Phi) is 7.39. The van der Waals surface area contributed by atoms with E-state index >= 15 is 0 Å². The standard InChI is InChI=1S/C28H27F3N4O2/c1-4-6-16-35-26(37)23-18-33(25(36)20-9-7-19(3)8-10-20)17-15-24(23)32-27(35)34(5-2)22-13-11-21(12-14-22)28(29,30)31/h7-14H,5,15-18H2,1-3H3. The van der Waals surface area contributed by atoms with Crippen molar-refractivity contribution in [3.8, 4) is 11.8 Å². The maximum Gasteiger partial charge on any atom is 0.416 e. The summed E-state index contributed by atoms with van der Waals surface area (Å²) in [6.07, 6.45) is -4.06. The summed E-state index contributed by atoms with van der Waals surface area (Å²) in [7, 11) is 0. The van der Waals surface area contributed by atoms with Crippen molar-refractivity contribution in [2.75, 3.05) is 18.0 Å². The third kappa shape index (κ3) is 5.38. The summed E-state index contributed by atoms with van der Waals surface area (Å²) < 4.78 is 40.6. The zero-order chi connectivity index (χ0) is 26.7. The van der Waals surface area contributed by atoms with Gasteiger partial charge >= 0.3 is 6.18 Å². The van der Waals surface area contributed by atoms with Crippen LogP contribution >= 0.6 is 0 Å². The van der Waals surface area contributed by atoms with Gasteiger partial charge in [0.2, 0.25) is 5.95 Å². The van der Waals surface area contributed by atoms with Crippen LogP contribution in [-0.2, 0) is 25.7 Å². The molecule has 1 aromatic heterocycles. The van der Waals surface area contributed by atoms with E-state index < -0.39 is 11.7 Å². The summed E-state index contributed by atoms with van der Waals surface area (Å²) in [6, 6.07) is 12.1. The van der Waals surface area contributed by atoms with Crippen LogP contribution in [0, 0.1) is 18.8 Å². The van der Waals surface area contributed by atoms with Crippen molar-refractivity contribution in [2.24, 2.45) is 0 Å². The Labute approximate surface area is 213 Å². The Morgan fingerprint density at radius 1 is 1.11 bits per heavy atom. The highest BCUT2D eigenvalue weighted by Gasteiger charge is 2.31. The lowest BCUT2D eigenvalue weighted by atomic mass is 10.0. The highest BCUT2D eigenvalue weighted by atomic mass is 19.4. The number of aromatic nitrogens is 2. The van der Waals surface area contributed by atoms with Gasteiger partial charge in [0.05, 0.1) is 29.9 Å². The second-order valence-electron chi connectivity index (χ2n) is 8.79. The summed E-state index contributed by atoms with van der Waals surface area (Å²) in [6.45, 7) is 6.40. The number of rotatable bonds is 5. The van der Waals surface area contributed by atoms with E-state index in [9.17, 15) is 22.8 Å². The summed E-state index contributed by atoms with van der Waals surface area (Å²) in [5.41, 5.74) is 2.03. The van der Waals surface area contributed by atoms with Crippen LogP contribution in [0.3, 0.4) is 0 Å². The number of benzene rings is 2. The molecule has 3 aromatic rings. The van der Waals surface area contributed by atoms with Gasteiger partial charge in [0.15, 0.2) is 0 Å². The van der Waals surface area contributed by atoms with Crippen molar-refractivity contribution in [3.05, 3.63) is 86.8 Å². The van der Waals surface area contributed by atoms with Crippen molar-refractivity contribution in [1.82, 2.24) is 14.5 Å². The summed E-state index contributed by atoms with van der Waals surface area (Å²) in [5, 5.41) is 0. The van der Waals surface area contributed by atoms with Gasteiger partial charge in [-0.15, -0.1) is 5.92 Å². The number of aryl methyl sites for hydroxylation is 1. The Morgan fingerprint density at radius 3 is 2.38 bits per heavy atom. The molecule has 0 radical (unpaired) electrons. The molecule has 37 heavy (non-hydrogen) atoms. The van der Waals surface area contributed by atoms with Crippen molar-refractivity contribution >= 4 is 17.5 Å². The molecule has 192 valence electrons. The first-order chi connectivity index (χ1) is 17.6. The minimum absolute atomic E-state index is 0.0635. The number of fused-ring (bicyclic) bond motifs is 1. The molecule has 2 aromatic carbocycles. The predicted molar refractivity (Wildman–Crippen MR) is 136 cm³/mol. The molecule has 4 rings (SSSR count). The molecule has 0 bridgehead atoms. The number of hydrogen-bond acceptors (Lipinski definition) is 4.